The molecule has 1 fully saturated rings. The number of fused-ring (bicyclic) bond motifs is 1. The summed E-state index contributed by atoms with van der Waals surface area (Å²) < 4.78 is 6.93. The molecule has 2 aromatic heterocycles. The monoisotopic (exact) mass is 340 g/mol. The molecule has 4 rings (SSSR count). The fourth-order valence-electron chi connectivity index (χ4n) is 3.41. The summed E-state index contributed by atoms with van der Waals surface area (Å²) in [4.78, 5) is 14.3. The Hall–Kier alpha value is -2.67. The minimum Gasteiger partial charge on any atom is -0.391 e. The first-order chi connectivity index (χ1) is 12.1. The zero-order chi connectivity index (χ0) is 17.4. The van der Waals surface area contributed by atoms with Gasteiger partial charge < -0.3 is 14.5 Å². The molecule has 0 aliphatic carbocycles. The van der Waals surface area contributed by atoms with Crippen molar-refractivity contribution in [2.45, 2.75) is 26.0 Å². The summed E-state index contributed by atoms with van der Waals surface area (Å²) in [5, 5.41) is 19.5. The van der Waals surface area contributed by atoms with Crippen molar-refractivity contribution in [3.05, 3.63) is 48.0 Å². The number of hydrogen-bond donors (Lipinski definition) is 1. The fourth-order valence-corrected chi connectivity index (χ4v) is 3.41. The summed E-state index contributed by atoms with van der Waals surface area (Å²) in [6.45, 7) is 2.89. The van der Waals surface area contributed by atoms with Crippen LogP contribution in [0.25, 0.3) is 10.9 Å². The zero-order valence-corrected chi connectivity index (χ0v) is 14.0. The van der Waals surface area contributed by atoms with Crippen LogP contribution in [0.3, 0.4) is 0 Å². The SMILES string of the molecule is Cc1cc(C[C@@H]2CN(C(=O)Cn3ncc4ccccc43)C[C@H]2O)on1. The average molecular weight is 340 g/mol. The molecule has 3 heterocycles. The van der Waals surface area contributed by atoms with Crippen molar-refractivity contribution in [3.63, 3.8) is 0 Å². The molecule has 0 unspecified atom stereocenters. The summed E-state index contributed by atoms with van der Waals surface area (Å²) in [6, 6.07) is 9.66. The van der Waals surface area contributed by atoms with E-state index in [0.717, 1.165) is 22.4 Å². The van der Waals surface area contributed by atoms with Crippen LogP contribution in [-0.2, 0) is 17.8 Å². The molecule has 7 nitrogen and oxygen atoms in total. The molecule has 7 heteroatoms. The summed E-state index contributed by atoms with van der Waals surface area (Å²) in [7, 11) is 0. The molecule has 0 saturated carbocycles. The maximum absolute atomic E-state index is 12.6. The molecule has 1 amide bonds. The lowest BCUT2D eigenvalue weighted by Crippen LogP contribution is -2.33. The van der Waals surface area contributed by atoms with E-state index in [-0.39, 0.29) is 18.4 Å². The fraction of sp³-hybridized carbons (Fsp3) is 0.389. The molecule has 0 spiro atoms. The average Bonchev–Trinajstić information content (AvgIpc) is 3.29. The minimum absolute atomic E-state index is 0.0364. The molecule has 1 aliphatic heterocycles. The number of benzene rings is 1. The largest absolute Gasteiger partial charge is 0.391 e. The summed E-state index contributed by atoms with van der Waals surface area (Å²) in [5.74, 6) is 0.670. The highest BCUT2D eigenvalue weighted by atomic mass is 16.5. The Kier molecular flexibility index (Phi) is 4.01. The van der Waals surface area contributed by atoms with Gasteiger partial charge in [0.2, 0.25) is 5.91 Å². The van der Waals surface area contributed by atoms with E-state index in [4.69, 9.17) is 4.52 Å². The van der Waals surface area contributed by atoms with Gasteiger partial charge in [-0.2, -0.15) is 5.10 Å². The Morgan fingerprint density at radius 3 is 3.00 bits per heavy atom. The van der Waals surface area contributed by atoms with Crippen LogP contribution in [0.15, 0.2) is 41.1 Å². The van der Waals surface area contributed by atoms with Crippen molar-refractivity contribution in [1.29, 1.82) is 0 Å². The third-order valence-electron chi connectivity index (χ3n) is 4.74. The highest BCUT2D eigenvalue weighted by Gasteiger charge is 2.34. The number of nitrogens with zero attached hydrogens (tertiary/aromatic N) is 4. The van der Waals surface area contributed by atoms with Gasteiger partial charge in [0, 0.05) is 36.9 Å². The first-order valence-electron chi connectivity index (χ1n) is 8.39. The van der Waals surface area contributed by atoms with Gasteiger partial charge in [0.1, 0.15) is 12.3 Å². The smallest absolute Gasteiger partial charge is 0.244 e. The van der Waals surface area contributed by atoms with E-state index in [1.54, 1.807) is 15.8 Å². The number of para-hydroxylation sites is 1. The van der Waals surface area contributed by atoms with Crippen LogP contribution in [0.4, 0.5) is 0 Å². The van der Waals surface area contributed by atoms with Crippen LogP contribution in [-0.4, -0.2) is 50.0 Å². The van der Waals surface area contributed by atoms with Crippen LogP contribution < -0.4 is 0 Å². The Morgan fingerprint density at radius 2 is 2.20 bits per heavy atom. The first kappa shape index (κ1) is 15.8. The third kappa shape index (κ3) is 3.15. The third-order valence-corrected chi connectivity index (χ3v) is 4.74. The van der Waals surface area contributed by atoms with Crippen LogP contribution in [0.2, 0.25) is 0 Å². The quantitative estimate of drug-likeness (QED) is 0.776. The van der Waals surface area contributed by atoms with Gasteiger partial charge in [0.25, 0.3) is 0 Å². The van der Waals surface area contributed by atoms with E-state index >= 15 is 0 Å². The molecule has 3 aromatic rings. The van der Waals surface area contributed by atoms with Crippen molar-refractivity contribution in [2.24, 2.45) is 5.92 Å². The van der Waals surface area contributed by atoms with Crippen molar-refractivity contribution >= 4 is 16.8 Å². The summed E-state index contributed by atoms with van der Waals surface area (Å²) in [6.07, 6.45) is 1.79. The Balaban J connectivity index is 1.42. The molecule has 0 bridgehead atoms. The number of carbonyl (C=O) groups is 1. The maximum Gasteiger partial charge on any atom is 0.244 e. The predicted octanol–water partition coefficient (Wildman–Crippen LogP) is 1.39. The van der Waals surface area contributed by atoms with Gasteiger partial charge in [0.05, 0.1) is 23.5 Å². The van der Waals surface area contributed by atoms with Crippen molar-refractivity contribution in [2.75, 3.05) is 13.1 Å². The van der Waals surface area contributed by atoms with Crippen LogP contribution in [0, 0.1) is 12.8 Å². The van der Waals surface area contributed by atoms with E-state index < -0.39 is 6.10 Å². The molecule has 1 aliphatic rings. The normalized spacial score (nSPS) is 20.5. The van der Waals surface area contributed by atoms with Crippen molar-refractivity contribution in [3.8, 4) is 0 Å². The number of rotatable bonds is 4. The molecule has 0 radical (unpaired) electrons. The molecule has 1 N–H and O–H groups in total. The van der Waals surface area contributed by atoms with Crippen LogP contribution in [0.5, 0.6) is 0 Å². The van der Waals surface area contributed by atoms with Gasteiger partial charge in [-0.05, 0) is 13.0 Å². The van der Waals surface area contributed by atoms with Gasteiger partial charge >= 0.3 is 0 Å². The van der Waals surface area contributed by atoms with E-state index in [9.17, 15) is 9.90 Å². The minimum atomic E-state index is -0.552. The molecular formula is C18H20N4O3. The van der Waals surface area contributed by atoms with Gasteiger partial charge in [-0.3, -0.25) is 9.48 Å². The molecule has 1 saturated heterocycles. The number of aromatic nitrogens is 3. The lowest BCUT2D eigenvalue weighted by atomic mass is 10.0. The number of carbonyl (C=O) groups excluding carboxylic acids is 1. The van der Waals surface area contributed by atoms with Gasteiger partial charge in [-0.1, -0.05) is 23.4 Å². The molecule has 2 atom stereocenters. The van der Waals surface area contributed by atoms with E-state index in [1.807, 2.05) is 37.3 Å². The topological polar surface area (TPSA) is 84.4 Å². The Labute approximate surface area is 144 Å². The number of likely N-dealkylation sites (tertiary alicyclic amines) is 1. The molecular weight excluding hydrogens is 320 g/mol. The Bertz CT molecular complexity index is 901. The van der Waals surface area contributed by atoms with E-state index in [1.165, 1.54) is 0 Å². The van der Waals surface area contributed by atoms with Crippen LogP contribution >= 0.6 is 0 Å². The lowest BCUT2D eigenvalue weighted by Gasteiger charge is -2.16. The molecule has 1 aromatic carbocycles. The standard InChI is InChI=1S/C18H20N4O3/c1-12-6-15(25-20-12)7-14-9-21(10-17(14)23)18(24)11-22-16-5-3-2-4-13(16)8-19-22/h2-6,8,14,17,23H,7,9-11H2,1H3/t14-,17-/m1/s1. The molecule has 25 heavy (non-hydrogen) atoms. The summed E-state index contributed by atoms with van der Waals surface area (Å²) >= 11 is 0. The number of aryl methyl sites for hydroxylation is 1. The van der Waals surface area contributed by atoms with E-state index in [0.29, 0.717) is 19.5 Å². The maximum atomic E-state index is 12.6. The summed E-state index contributed by atoms with van der Waals surface area (Å²) in [5.41, 5.74) is 1.75. The van der Waals surface area contributed by atoms with Gasteiger partial charge in [-0.15, -0.1) is 0 Å². The second-order valence-corrected chi connectivity index (χ2v) is 6.63. The van der Waals surface area contributed by atoms with Crippen molar-refractivity contribution in [1.82, 2.24) is 19.8 Å². The highest BCUT2D eigenvalue weighted by molar-refractivity contribution is 5.82. The number of β-amino-alcohol motifs (C(OH)–C–C–N with tert-alkyl or cyclic N) is 1. The zero-order valence-electron chi connectivity index (χ0n) is 14.0. The van der Waals surface area contributed by atoms with Crippen LogP contribution in [0.1, 0.15) is 11.5 Å². The number of hydrogen-bond acceptors (Lipinski definition) is 5. The lowest BCUT2D eigenvalue weighted by molar-refractivity contribution is -0.131. The first-order valence-corrected chi connectivity index (χ1v) is 8.39. The van der Waals surface area contributed by atoms with E-state index in [2.05, 4.69) is 10.3 Å². The van der Waals surface area contributed by atoms with Crippen molar-refractivity contribution < 1.29 is 14.4 Å². The number of aliphatic hydroxyl groups is 1. The second kappa shape index (κ2) is 6.33. The number of amides is 1. The Morgan fingerprint density at radius 1 is 1.36 bits per heavy atom. The highest BCUT2D eigenvalue weighted by Crippen LogP contribution is 2.22. The number of aliphatic hydroxyl groups excluding tert-OH is 1. The van der Waals surface area contributed by atoms with Gasteiger partial charge in [0.15, 0.2) is 0 Å². The predicted molar refractivity (Wildman–Crippen MR) is 90.8 cm³/mol. The second-order valence-electron chi connectivity index (χ2n) is 6.63. The van der Waals surface area contributed by atoms with Gasteiger partial charge in [-0.25, -0.2) is 0 Å². The molecule has 130 valence electrons.